The summed E-state index contributed by atoms with van der Waals surface area (Å²) in [6, 6.07) is 6.27. The molecule has 0 saturated heterocycles. The van der Waals surface area contributed by atoms with E-state index in [1.165, 1.54) is 11.1 Å². The fraction of sp³-hybridized carbons (Fsp3) is 0.417. The van der Waals surface area contributed by atoms with E-state index in [0.29, 0.717) is 0 Å². The van der Waals surface area contributed by atoms with Crippen molar-refractivity contribution in [3.8, 4) is 0 Å². The van der Waals surface area contributed by atoms with Gasteiger partial charge in [-0.3, -0.25) is 0 Å². The van der Waals surface area contributed by atoms with Gasteiger partial charge in [0.1, 0.15) is 6.29 Å². The van der Waals surface area contributed by atoms with E-state index in [2.05, 4.69) is 35.0 Å². The molecule has 1 nitrogen and oxygen atoms in total. The molecule has 2 heteroatoms. The van der Waals surface area contributed by atoms with Crippen LogP contribution in [-0.4, -0.2) is 6.29 Å². The van der Waals surface area contributed by atoms with Crippen LogP contribution < -0.4 is 0 Å². The van der Waals surface area contributed by atoms with Gasteiger partial charge in [0.05, 0.1) is 0 Å². The minimum atomic E-state index is 0.112. The second kappa shape index (κ2) is 5.30. The van der Waals surface area contributed by atoms with Crippen molar-refractivity contribution < 1.29 is 4.79 Å². The second-order valence-electron chi connectivity index (χ2n) is 3.58. The van der Waals surface area contributed by atoms with Crippen molar-refractivity contribution in [1.29, 1.82) is 0 Å². The van der Waals surface area contributed by atoms with Crippen LogP contribution in [0.2, 0.25) is 0 Å². The largest absolute Gasteiger partial charge is 0.303 e. The lowest BCUT2D eigenvalue weighted by molar-refractivity contribution is -0.110. The first kappa shape index (κ1) is 11.4. The highest BCUT2D eigenvalue weighted by molar-refractivity contribution is 9.10. The van der Waals surface area contributed by atoms with E-state index in [0.717, 1.165) is 23.6 Å². The summed E-state index contributed by atoms with van der Waals surface area (Å²) in [6.45, 7) is 4.09. The fourth-order valence-electron chi connectivity index (χ4n) is 1.52. The molecule has 0 amide bonds. The second-order valence-corrected chi connectivity index (χ2v) is 4.50. The summed E-state index contributed by atoms with van der Waals surface area (Å²) in [5.74, 6) is 0.112. The van der Waals surface area contributed by atoms with Gasteiger partial charge in [-0.2, -0.15) is 0 Å². The van der Waals surface area contributed by atoms with Crippen LogP contribution >= 0.6 is 15.9 Å². The van der Waals surface area contributed by atoms with Crippen LogP contribution in [0.4, 0.5) is 0 Å². The lowest BCUT2D eigenvalue weighted by atomic mass is 9.96. The molecule has 0 saturated carbocycles. The van der Waals surface area contributed by atoms with Crippen molar-refractivity contribution >= 4 is 22.2 Å². The van der Waals surface area contributed by atoms with Crippen LogP contribution in [-0.2, 0) is 17.6 Å². The van der Waals surface area contributed by atoms with Crippen molar-refractivity contribution in [1.82, 2.24) is 0 Å². The zero-order valence-corrected chi connectivity index (χ0v) is 10.2. The maximum atomic E-state index is 10.6. The van der Waals surface area contributed by atoms with Gasteiger partial charge < -0.3 is 4.79 Å². The monoisotopic (exact) mass is 254 g/mol. The van der Waals surface area contributed by atoms with Crippen LogP contribution in [0, 0.1) is 5.92 Å². The first-order valence-corrected chi connectivity index (χ1v) is 5.69. The predicted molar refractivity (Wildman–Crippen MR) is 62.5 cm³/mol. The Morgan fingerprint density at radius 1 is 1.43 bits per heavy atom. The standard InChI is InChI=1S/C12H15BrO/c1-3-10-7-12(13)5-4-11(10)6-9(2)8-14/h4-5,7-9H,3,6H2,1-2H3. The fourth-order valence-corrected chi connectivity index (χ4v) is 1.93. The Kier molecular flexibility index (Phi) is 4.33. The van der Waals surface area contributed by atoms with Crippen molar-refractivity contribution in [3.05, 3.63) is 33.8 Å². The summed E-state index contributed by atoms with van der Waals surface area (Å²) in [6.07, 6.45) is 2.88. The number of aryl methyl sites for hydroxylation is 1. The Hall–Kier alpha value is -0.630. The Labute approximate surface area is 93.7 Å². The summed E-state index contributed by atoms with van der Waals surface area (Å²) >= 11 is 3.45. The number of carbonyl (C=O) groups is 1. The molecule has 76 valence electrons. The van der Waals surface area contributed by atoms with Crippen LogP contribution in [0.15, 0.2) is 22.7 Å². The van der Waals surface area contributed by atoms with Gasteiger partial charge in [0, 0.05) is 10.4 Å². The van der Waals surface area contributed by atoms with Gasteiger partial charge in [-0.15, -0.1) is 0 Å². The Bertz CT molecular complexity index is 320. The van der Waals surface area contributed by atoms with Gasteiger partial charge >= 0.3 is 0 Å². The zero-order chi connectivity index (χ0) is 10.6. The number of aldehydes is 1. The van der Waals surface area contributed by atoms with Crippen LogP contribution in [0.5, 0.6) is 0 Å². The molecule has 1 rings (SSSR count). The first-order valence-electron chi connectivity index (χ1n) is 4.90. The summed E-state index contributed by atoms with van der Waals surface area (Å²) in [7, 11) is 0. The zero-order valence-electron chi connectivity index (χ0n) is 8.59. The summed E-state index contributed by atoms with van der Waals surface area (Å²) in [4.78, 5) is 10.6. The van der Waals surface area contributed by atoms with E-state index in [4.69, 9.17) is 0 Å². The highest BCUT2D eigenvalue weighted by Crippen LogP contribution is 2.19. The number of hydrogen-bond acceptors (Lipinski definition) is 1. The molecule has 0 heterocycles. The van der Waals surface area contributed by atoms with Crippen molar-refractivity contribution in [2.45, 2.75) is 26.7 Å². The summed E-state index contributed by atoms with van der Waals surface area (Å²) in [5.41, 5.74) is 2.61. The normalized spacial score (nSPS) is 12.5. The third-order valence-corrected chi connectivity index (χ3v) is 2.82. The molecular weight excluding hydrogens is 240 g/mol. The Morgan fingerprint density at radius 2 is 2.14 bits per heavy atom. The molecule has 0 aromatic heterocycles. The molecular formula is C12H15BrO. The minimum Gasteiger partial charge on any atom is -0.303 e. The number of hydrogen-bond donors (Lipinski definition) is 0. The highest BCUT2D eigenvalue weighted by Gasteiger charge is 2.06. The molecule has 1 aromatic rings. The lowest BCUT2D eigenvalue weighted by Gasteiger charge is -2.09. The van der Waals surface area contributed by atoms with E-state index in [1.54, 1.807) is 0 Å². The molecule has 1 unspecified atom stereocenters. The minimum absolute atomic E-state index is 0.112. The van der Waals surface area contributed by atoms with Gasteiger partial charge in [-0.1, -0.05) is 35.8 Å². The van der Waals surface area contributed by atoms with Crippen LogP contribution in [0.3, 0.4) is 0 Å². The number of halogens is 1. The van der Waals surface area contributed by atoms with Gasteiger partial charge in [0.25, 0.3) is 0 Å². The average Bonchev–Trinajstić information content (AvgIpc) is 2.20. The van der Waals surface area contributed by atoms with E-state index in [9.17, 15) is 4.79 Å². The van der Waals surface area contributed by atoms with E-state index >= 15 is 0 Å². The Morgan fingerprint density at radius 3 is 2.71 bits per heavy atom. The van der Waals surface area contributed by atoms with Gasteiger partial charge in [0.2, 0.25) is 0 Å². The predicted octanol–water partition coefficient (Wildman–Crippen LogP) is 3.39. The molecule has 0 N–H and O–H groups in total. The van der Waals surface area contributed by atoms with Crippen LogP contribution in [0.1, 0.15) is 25.0 Å². The maximum Gasteiger partial charge on any atom is 0.123 e. The van der Waals surface area contributed by atoms with Gasteiger partial charge in [0.15, 0.2) is 0 Å². The molecule has 0 spiro atoms. The van der Waals surface area contributed by atoms with Crippen molar-refractivity contribution in [3.63, 3.8) is 0 Å². The van der Waals surface area contributed by atoms with Crippen LogP contribution in [0.25, 0.3) is 0 Å². The molecule has 0 bridgehead atoms. The van der Waals surface area contributed by atoms with Crippen molar-refractivity contribution in [2.24, 2.45) is 5.92 Å². The lowest BCUT2D eigenvalue weighted by Crippen LogP contribution is -2.03. The molecule has 0 aliphatic carbocycles. The number of carbonyl (C=O) groups excluding carboxylic acids is 1. The highest BCUT2D eigenvalue weighted by atomic mass is 79.9. The molecule has 1 aromatic carbocycles. The first-order chi connectivity index (χ1) is 6.67. The molecule has 1 atom stereocenters. The third kappa shape index (κ3) is 2.95. The van der Waals surface area contributed by atoms with Crippen molar-refractivity contribution in [2.75, 3.05) is 0 Å². The maximum absolute atomic E-state index is 10.6. The van der Waals surface area contributed by atoms with E-state index in [1.807, 2.05) is 13.0 Å². The quantitative estimate of drug-likeness (QED) is 0.754. The molecule has 0 radical (unpaired) electrons. The van der Waals surface area contributed by atoms with E-state index in [-0.39, 0.29) is 5.92 Å². The summed E-state index contributed by atoms with van der Waals surface area (Å²) < 4.78 is 1.11. The van der Waals surface area contributed by atoms with E-state index < -0.39 is 0 Å². The molecule has 0 aliphatic rings. The molecule has 0 aliphatic heterocycles. The third-order valence-electron chi connectivity index (χ3n) is 2.32. The smallest absolute Gasteiger partial charge is 0.123 e. The molecule has 14 heavy (non-hydrogen) atoms. The van der Waals surface area contributed by atoms with Gasteiger partial charge in [-0.05, 0) is 36.1 Å². The molecule has 0 fully saturated rings. The van der Waals surface area contributed by atoms with Gasteiger partial charge in [-0.25, -0.2) is 0 Å². The number of rotatable bonds is 4. The Balaban J connectivity index is 2.90. The summed E-state index contributed by atoms with van der Waals surface area (Å²) in [5, 5.41) is 0. The number of benzene rings is 1. The topological polar surface area (TPSA) is 17.1 Å². The average molecular weight is 255 g/mol. The SMILES string of the molecule is CCc1cc(Br)ccc1CC(C)C=O.